The molecule has 1 aliphatic rings. The molecule has 3 heterocycles. The Hall–Kier alpha value is -3.80. The molecular formula is C26H28N6O2. The first-order chi connectivity index (χ1) is 16.5. The molecule has 1 aromatic carbocycles. The van der Waals surface area contributed by atoms with E-state index in [2.05, 4.69) is 31.7 Å². The number of pyridine rings is 1. The molecule has 2 N–H and O–H groups in total. The van der Waals surface area contributed by atoms with Crippen LogP contribution in [0.15, 0.2) is 48.9 Å². The molecule has 1 fully saturated rings. The lowest BCUT2D eigenvalue weighted by atomic mass is 10.0. The van der Waals surface area contributed by atoms with E-state index in [4.69, 9.17) is 10.5 Å². The fourth-order valence-electron chi connectivity index (χ4n) is 3.80. The maximum absolute atomic E-state index is 13.0. The van der Waals surface area contributed by atoms with Crippen molar-refractivity contribution in [1.29, 1.82) is 0 Å². The number of methoxy groups -OCH3 is 1. The van der Waals surface area contributed by atoms with Gasteiger partial charge >= 0.3 is 0 Å². The van der Waals surface area contributed by atoms with Crippen LogP contribution in [0, 0.1) is 18.8 Å². The minimum Gasteiger partial charge on any atom is -0.384 e. The van der Waals surface area contributed by atoms with Gasteiger partial charge in [0, 0.05) is 62.7 Å². The van der Waals surface area contributed by atoms with E-state index >= 15 is 0 Å². The average Bonchev–Trinajstić information content (AvgIpc) is 2.87. The average molecular weight is 457 g/mol. The molecule has 3 aromatic rings. The number of carbonyl (C=O) groups excluding carboxylic acids is 1. The maximum atomic E-state index is 13.0. The number of nitrogens with two attached hydrogens (primary N) is 1. The van der Waals surface area contributed by atoms with Crippen LogP contribution in [-0.2, 0) is 4.74 Å². The van der Waals surface area contributed by atoms with E-state index in [1.807, 2.05) is 42.2 Å². The summed E-state index contributed by atoms with van der Waals surface area (Å²) in [4.78, 5) is 30.1. The van der Waals surface area contributed by atoms with Gasteiger partial charge in [-0.2, -0.15) is 0 Å². The van der Waals surface area contributed by atoms with Gasteiger partial charge in [-0.05, 0) is 31.2 Å². The van der Waals surface area contributed by atoms with Crippen LogP contribution in [0.4, 0.5) is 5.82 Å². The second kappa shape index (κ2) is 10.9. The van der Waals surface area contributed by atoms with Gasteiger partial charge in [-0.15, -0.1) is 0 Å². The summed E-state index contributed by atoms with van der Waals surface area (Å²) in [5, 5.41) is 0. The second-order valence-electron chi connectivity index (χ2n) is 8.11. The summed E-state index contributed by atoms with van der Waals surface area (Å²) in [6, 6.07) is 11.1. The van der Waals surface area contributed by atoms with Crippen LogP contribution in [0.3, 0.4) is 0 Å². The molecule has 1 aliphatic heterocycles. The summed E-state index contributed by atoms with van der Waals surface area (Å²) in [7, 11) is 1.71. The zero-order valence-electron chi connectivity index (χ0n) is 19.5. The Balaban J connectivity index is 1.50. The number of anilines is 1. The minimum absolute atomic E-state index is 0.0488. The van der Waals surface area contributed by atoms with Crippen LogP contribution >= 0.6 is 0 Å². The standard InChI is InChI=1S/C26H28N6O2/c1-19-23(9-3-20-4-10-24(27)28-17-20)25(30-18-29-19)21-5-7-22(8-6-21)26(33)32-13-11-31(12-14-32)15-16-34-2/h4-8,10,17-18H,11-16H2,1-2H3,(H2,27,28). The zero-order chi connectivity index (χ0) is 23.9. The van der Waals surface area contributed by atoms with E-state index in [-0.39, 0.29) is 5.91 Å². The highest BCUT2D eigenvalue weighted by molar-refractivity contribution is 5.94. The van der Waals surface area contributed by atoms with Crippen LogP contribution in [0.2, 0.25) is 0 Å². The van der Waals surface area contributed by atoms with Gasteiger partial charge < -0.3 is 15.4 Å². The Morgan fingerprint density at radius 3 is 2.47 bits per heavy atom. The Labute approximate surface area is 199 Å². The van der Waals surface area contributed by atoms with Crippen LogP contribution in [0.25, 0.3) is 11.3 Å². The maximum Gasteiger partial charge on any atom is 0.253 e. The van der Waals surface area contributed by atoms with E-state index in [0.717, 1.165) is 60.8 Å². The third-order valence-corrected chi connectivity index (χ3v) is 5.83. The molecule has 2 aromatic heterocycles. The molecule has 34 heavy (non-hydrogen) atoms. The number of piperazine rings is 1. The normalized spacial score (nSPS) is 13.9. The number of hydrogen-bond donors (Lipinski definition) is 1. The van der Waals surface area contributed by atoms with Gasteiger partial charge in [0.1, 0.15) is 12.1 Å². The Morgan fingerprint density at radius 1 is 1.03 bits per heavy atom. The number of hydrogen-bond acceptors (Lipinski definition) is 7. The fraction of sp³-hybridized carbons (Fsp3) is 0.308. The van der Waals surface area contributed by atoms with Gasteiger partial charge in [0.05, 0.1) is 23.6 Å². The van der Waals surface area contributed by atoms with E-state index < -0.39 is 0 Å². The molecule has 1 saturated heterocycles. The SMILES string of the molecule is COCCN1CCN(C(=O)c2ccc(-c3ncnc(C)c3C#Cc3ccc(N)nc3)cc2)CC1. The van der Waals surface area contributed by atoms with Crippen molar-refractivity contribution in [2.24, 2.45) is 0 Å². The number of nitrogen functional groups attached to an aromatic ring is 1. The fourth-order valence-corrected chi connectivity index (χ4v) is 3.80. The molecule has 0 spiro atoms. The highest BCUT2D eigenvalue weighted by Crippen LogP contribution is 2.23. The van der Waals surface area contributed by atoms with Crippen molar-refractivity contribution < 1.29 is 9.53 Å². The molecule has 0 bridgehead atoms. The first-order valence-corrected chi connectivity index (χ1v) is 11.2. The van der Waals surface area contributed by atoms with Crippen LogP contribution < -0.4 is 5.73 Å². The number of aryl methyl sites for hydroxylation is 1. The summed E-state index contributed by atoms with van der Waals surface area (Å²) in [5.74, 6) is 6.79. The molecule has 0 aliphatic carbocycles. The quantitative estimate of drug-likeness (QED) is 0.588. The number of amides is 1. The van der Waals surface area contributed by atoms with Gasteiger partial charge in [0.25, 0.3) is 5.91 Å². The topological polar surface area (TPSA) is 97.5 Å². The lowest BCUT2D eigenvalue weighted by Crippen LogP contribution is -2.49. The second-order valence-corrected chi connectivity index (χ2v) is 8.11. The third-order valence-electron chi connectivity index (χ3n) is 5.83. The molecule has 4 rings (SSSR count). The van der Waals surface area contributed by atoms with Crippen molar-refractivity contribution in [1.82, 2.24) is 24.8 Å². The van der Waals surface area contributed by atoms with E-state index in [1.54, 1.807) is 19.4 Å². The van der Waals surface area contributed by atoms with E-state index in [1.165, 1.54) is 6.33 Å². The first-order valence-electron chi connectivity index (χ1n) is 11.2. The van der Waals surface area contributed by atoms with Crippen LogP contribution in [0.5, 0.6) is 0 Å². The highest BCUT2D eigenvalue weighted by Gasteiger charge is 2.22. The number of nitrogens with zero attached hydrogens (tertiary/aromatic N) is 5. The summed E-state index contributed by atoms with van der Waals surface area (Å²) in [6.45, 7) is 6.66. The number of aromatic nitrogens is 3. The molecule has 0 unspecified atom stereocenters. The zero-order valence-corrected chi connectivity index (χ0v) is 19.5. The minimum atomic E-state index is 0.0488. The number of carbonyl (C=O) groups is 1. The van der Waals surface area contributed by atoms with Crippen molar-refractivity contribution >= 4 is 11.7 Å². The predicted octanol–water partition coefficient (Wildman–Crippen LogP) is 2.23. The van der Waals surface area contributed by atoms with Crippen molar-refractivity contribution in [3.05, 3.63) is 71.3 Å². The summed E-state index contributed by atoms with van der Waals surface area (Å²) < 4.78 is 5.15. The van der Waals surface area contributed by atoms with Gasteiger partial charge in [-0.25, -0.2) is 15.0 Å². The van der Waals surface area contributed by atoms with Crippen LogP contribution in [0.1, 0.15) is 27.2 Å². The number of benzene rings is 1. The highest BCUT2D eigenvalue weighted by atomic mass is 16.5. The molecule has 0 saturated carbocycles. The summed E-state index contributed by atoms with van der Waals surface area (Å²) >= 11 is 0. The molecule has 0 atom stereocenters. The van der Waals surface area contributed by atoms with E-state index in [0.29, 0.717) is 18.0 Å². The summed E-state index contributed by atoms with van der Waals surface area (Å²) in [5.41, 5.74) is 10.2. The Bertz CT molecular complexity index is 1190. The molecular weight excluding hydrogens is 428 g/mol. The van der Waals surface area contributed by atoms with Gasteiger partial charge in [0.2, 0.25) is 0 Å². The first kappa shape index (κ1) is 23.4. The van der Waals surface area contributed by atoms with Crippen molar-refractivity contribution in [3.8, 4) is 23.1 Å². The summed E-state index contributed by atoms with van der Waals surface area (Å²) in [6.07, 6.45) is 3.17. The monoisotopic (exact) mass is 456 g/mol. The number of rotatable bonds is 5. The van der Waals surface area contributed by atoms with Crippen LogP contribution in [-0.4, -0.2) is 77.1 Å². The Morgan fingerprint density at radius 2 is 1.79 bits per heavy atom. The molecule has 8 heteroatoms. The molecule has 0 radical (unpaired) electrons. The molecule has 8 nitrogen and oxygen atoms in total. The predicted molar refractivity (Wildman–Crippen MR) is 131 cm³/mol. The smallest absolute Gasteiger partial charge is 0.253 e. The van der Waals surface area contributed by atoms with Crippen molar-refractivity contribution in [2.45, 2.75) is 6.92 Å². The third kappa shape index (κ3) is 5.57. The van der Waals surface area contributed by atoms with Gasteiger partial charge in [-0.3, -0.25) is 9.69 Å². The lowest BCUT2D eigenvalue weighted by molar-refractivity contribution is 0.0594. The van der Waals surface area contributed by atoms with E-state index in [9.17, 15) is 4.79 Å². The Kier molecular flexibility index (Phi) is 7.48. The molecule has 174 valence electrons. The largest absolute Gasteiger partial charge is 0.384 e. The van der Waals surface area contributed by atoms with Gasteiger partial charge in [0.15, 0.2) is 0 Å². The van der Waals surface area contributed by atoms with Crippen molar-refractivity contribution in [3.63, 3.8) is 0 Å². The number of ether oxygens (including phenoxy) is 1. The lowest BCUT2D eigenvalue weighted by Gasteiger charge is -2.34. The molecule has 1 amide bonds. The van der Waals surface area contributed by atoms with Crippen molar-refractivity contribution in [2.75, 3.05) is 52.2 Å². The van der Waals surface area contributed by atoms with Gasteiger partial charge in [-0.1, -0.05) is 24.0 Å².